The SMILES string of the molecule is C1=N[CH-]CN1.C=O.C=O.CC(N)CCN.CC1CCN=CN1.N[CH-]CN.[Y].[Y]. The second-order valence-electron chi connectivity index (χ2n) is 4.79. The van der Waals surface area contributed by atoms with E-state index in [0.717, 1.165) is 19.5 Å². The van der Waals surface area contributed by atoms with Crippen LogP contribution in [0.5, 0.6) is 0 Å². The van der Waals surface area contributed by atoms with E-state index in [0.29, 0.717) is 19.1 Å². The molecule has 10 N–H and O–H groups in total. The fourth-order valence-corrected chi connectivity index (χ4v) is 1.12. The van der Waals surface area contributed by atoms with Gasteiger partial charge in [-0.15, -0.1) is 13.1 Å². The maximum Gasteiger partial charge on any atom is 0.106 e. The van der Waals surface area contributed by atoms with Crippen LogP contribution in [0.3, 0.4) is 0 Å². The first-order valence-electron chi connectivity index (χ1n) is 8.16. The van der Waals surface area contributed by atoms with Gasteiger partial charge in [0.15, 0.2) is 0 Å². The van der Waals surface area contributed by atoms with Crippen LogP contribution in [0.4, 0.5) is 0 Å². The number of carbonyl (C=O) groups excluding carboxylic acids is 2. The Morgan fingerprint density at radius 2 is 1.79 bits per heavy atom. The number of nitrogens with zero attached hydrogens (tertiary/aromatic N) is 2. The third-order valence-electron chi connectivity index (χ3n) is 2.38. The van der Waals surface area contributed by atoms with Gasteiger partial charge >= 0.3 is 0 Å². The van der Waals surface area contributed by atoms with Gasteiger partial charge in [-0.05, 0) is 39.8 Å². The molecule has 0 saturated heterocycles. The Hall–Kier alpha value is 0.198. The summed E-state index contributed by atoms with van der Waals surface area (Å²) in [5.74, 6) is 0. The summed E-state index contributed by atoms with van der Waals surface area (Å²) in [6.07, 6.45) is 5.57. The predicted octanol–water partition coefficient (Wildman–Crippen LogP) is -1.45. The van der Waals surface area contributed by atoms with Crippen LogP contribution in [0, 0.1) is 13.1 Å². The van der Waals surface area contributed by atoms with E-state index in [1.165, 1.54) is 13.0 Å². The van der Waals surface area contributed by atoms with Crippen LogP contribution in [-0.2, 0) is 75.0 Å². The van der Waals surface area contributed by atoms with Crippen molar-refractivity contribution in [1.82, 2.24) is 10.6 Å². The van der Waals surface area contributed by atoms with Crippen LogP contribution in [0.25, 0.3) is 0 Å². The first kappa shape index (κ1) is 42.3. The largest absolute Gasteiger partial charge is 0.482 e. The molecule has 0 aromatic heterocycles. The molecule has 12 heteroatoms. The standard InChI is InChI=1S/C5H10N2.C4H12N2.C3H5N2.C2H7N2.2CH2O.2Y/c1-5-2-3-6-4-7-5;1-4(6)2-3-5;1-2-5-3-4-1;3-1-2-4;2*1-2;;/h4-5H,2-3H2,1H3,(H,6,7);4H,2-3,5-6H2,1H3;1,3H,2H2,(H,4,5);1H,2-4H2;2*1H2;;/q;;2*-1;;;;. The van der Waals surface area contributed by atoms with Crippen LogP contribution in [0.2, 0.25) is 0 Å². The van der Waals surface area contributed by atoms with Crippen LogP contribution < -0.4 is 33.6 Å². The van der Waals surface area contributed by atoms with E-state index in [-0.39, 0.29) is 71.5 Å². The Kier molecular flexibility index (Phi) is 69.2. The Morgan fingerprint density at radius 1 is 1.25 bits per heavy atom. The molecule has 2 aliphatic rings. The van der Waals surface area contributed by atoms with Gasteiger partial charge in [0.05, 0.1) is 6.34 Å². The Morgan fingerprint density at radius 3 is 1.89 bits per heavy atom. The molecular formula is C16H38N8O2Y2-2. The van der Waals surface area contributed by atoms with E-state index in [1.54, 1.807) is 12.7 Å². The van der Waals surface area contributed by atoms with Crippen molar-refractivity contribution >= 4 is 26.3 Å². The summed E-state index contributed by atoms with van der Waals surface area (Å²) >= 11 is 0. The third-order valence-corrected chi connectivity index (χ3v) is 2.38. The van der Waals surface area contributed by atoms with Gasteiger partial charge in [-0.3, -0.25) is 11.5 Å². The van der Waals surface area contributed by atoms with E-state index in [9.17, 15) is 0 Å². The maximum absolute atomic E-state index is 8.00. The molecule has 28 heavy (non-hydrogen) atoms. The molecular weight excluding hydrogens is 514 g/mol. The van der Waals surface area contributed by atoms with Crippen molar-refractivity contribution in [2.45, 2.75) is 38.8 Å². The summed E-state index contributed by atoms with van der Waals surface area (Å²) in [5, 5.41) is 5.97. The molecule has 0 spiro atoms. The van der Waals surface area contributed by atoms with Gasteiger partial charge in [-0.1, -0.05) is 6.34 Å². The average molecular weight is 552 g/mol. The molecule has 2 atom stereocenters. The quantitative estimate of drug-likeness (QED) is 0.230. The number of hydrogen-bond donors (Lipinski definition) is 6. The molecule has 0 aromatic carbocycles. The number of nitrogens with one attached hydrogen (secondary N) is 2. The maximum atomic E-state index is 8.00. The predicted molar refractivity (Wildman–Crippen MR) is 110 cm³/mol. The van der Waals surface area contributed by atoms with Crippen molar-refractivity contribution in [3.63, 3.8) is 0 Å². The molecule has 2 aliphatic heterocycles. The monoisotopic (exact) mass is 552 g/mol. The molecule has 2 heterocycles. The summed E-state index contributed by atoms with van der Waals surface area (Å²) in [6, 6.07) is 0.910. The molecule has 2 unspecified atom stereocenters. The van der Waals surface area contributed by atoms with E-state index in [4.69, 9.17) is 32.5 Å². The van der Waals surface area contributed by atoms with Gasteiger partial charge in [-0.25, -0.2) is 0 Å². The second-order valence-corrected chi connectivity index (χ2v) is 4.79. The van der Waals surface area contributed by atoms with Crippen molar-refractivity contribution in [2.75, 3.05) is 26.2 Å². The van der Waals surface area contributed by atoms with Gasteiger partial charge in [0.25, 0.3) is 0 Å². The zero-order valence-corrected chi connectivity index (χ0v) is 23.0. The number of rotatable bonds is 3. The fraction of sp³-hybridized carbons (Fsp3) is 0.625. The van der Waals surface area contributed by atoms with Crippen molar-refractivity contribution < 1.29 is 75.0 Å². The van der Waals surface area contributed by atoms with Gasteiger partial charge < -0.3 is 48.1 Å². The second kappa shape index (κ2) is 45.8. The molecule has 0 bridgehead atoms. The van der Waals surface area contributed by atoms with Crippen molar-refractivity contribution in [3.8, 4) is 0 Å². The van der Waals surface area contributed by atoms with E-state index >= 15 is 0 Å². The van der Waals surface area contributed by atoms with Gasteiger partial charge in [0.2, 0.25) is 0 Å². The van der Waals surface area contributed by atoms with Crippen LogP contribution >= 0.6 is 0 Å². The van der Waals surface area contributed by atoms with Gasteiger partial charge in [0, 0.05) is 84.0 Å². The zero-order valence-electron chi connectivity index (χ0n) is 17.3. The first-order chi connectivity index (χ1) is 12.6. The summed E-state index contributed by atoms with van der Waals surface area (Å²) in [6.45, 7) is 14.4. The van der Waals surface area contributed by atoms with Gasteiger partial charge in [0.1, 0.15) is 13.6 Å². The topological polar surface area (TPSA) is 187 Å². The van der Waals surface area contributed by atoms with Crippen LogP contribution in [0.1, 0.15) is 26.7 Å². The number of carbonyl (C=O) groups is 2. The summed E-state index contributed by atoms with van der Waals surface area (Å²) < 4.78 is 0. The number of hydrogen-bond acceptors (Lipinski definition) is 10. The normalized spacial score (nSPS) is 15.0. The molecule has 162 valence electrons. The third kappa shape index (κ3) is 56.2. The van der Waals surface area contributed by atoms with E-state index in [1.807, 2.05) is 27.0 Å². The zero-order chi connectivity index (χ0) is 21.1. The number of nitrogens with two attached hydrogens (primary N) is 4. The summed E-state index contributed by atoms with van der Waals surface area (Å²) in [4.78, 5) is 23.7. The molecule has 0 amide bonds. The Labute approximate surface area is 221 Å². The average Bonchev–Trinajstić information content (AvgIpc) is 3.26. The molecule has 10 nitrogen and oxygen atoms in total. The van der Waals surface area contributed by atoms with Crippen LogP contribution in [-0.4, -0.2) is 64.5 Å². The molecule has 0 fully saturated rings. The summed E-state index contributed by atoms with van der Waals surface area (Å²) in [7, 11) is 0. The summed E-state index contributed by atoms with van der Waals surface area (Å²) in [5.41, 5.74) is 20.1. The van der Waals surface area contributed by atoms with Crippen molar-refractivity contribution in [3.05, 3.63) is 13.1 Å². The van der Waals surface area contributed by atoms with E-state index < -0.39 is 0 Å². The minimum Gasteiger partial charge on any atom is -0.482 e. The molecule has 2 rings (SSSR count). The number of aliphatic imine (C=N–C) groups is 2. The molecule has 0 aromatic rings. The van der Waals surface area contributed by atoms with Crippen molar-refractivity contribution in [1.29, 1.82) is 0 Å². The fourth-order valence-electron chi connectivity index (χ4n) is 1.12. The molecule has 2 radical (unpaired) electrons. The van der Waals surface area contributed by atoms with E-state index in [2.05, 4.69) is 27.5 Å². The molecule has 0 aliphatic carbocycles. The smallest absolute Gasteiger partial charge is 0.106 e. The Bertz CT molecular complexity index is 292. The Balaban J connectivity index is -0.0000000539. The van der Waals surface area contributed by atoms with Crippen LogP contribution in [0.15, 0.2) is 9.98 Å². The van der Waals surface area contributed by atoms with Gasteiger partial charge in [-0.2, -0.15) is 0 Å². The minimum absolute atomic E-state index is 0. The van der Waals surface area contributed by atoms with Crippen molar-refractivity contribution in [2.24, 2.45) is 32.9 Å². The molecule has 0 saturated carbocycles. The first-order valence-corrected chi connectivity index (χ1v) is 8.16. The minimum atomic E-state index is 0.